The van der Waals surface area contributed by atoms with Gasteiger partial charge >= 0.3 is 5.97 Å². The molecule has 0 aromatic heterocycles. The molecule has 0 radical (unpaired) electrons. The molecule has 0 amide bonds. The molecule has 1 aliphatic carbocycles. The molecule has 98 valence electrons. The van der Waals surface area contributed by atoms with Gasteiger partial charge in [0.25, 0.3) is 0 Å². The van der Waals surface area contributed by atoms with E-state index >= 15 is 0 Å². The Morgan fingerprint density at radius 2 is 2.06 bits per heavy atom. The molecular formula is C14H17FO3. The van der Waals surface area contributed by atoms with Crippen molar-refractivity contribution in [1.29, 1.82) is 0 Å². The van der Waals surface area contributed by atoms with E-state index in [1.54, 1.807) is 6.07 Å². The molecule has 0 unspecified atom stereocenters. The van der Waals surface area contributed by atoms with Gasteiger partial charge in [-0.15, -0.1) is 0 Å². The molecular weight excluding hydrogens is 235 g/mol. The fourth-order valence-electron chi connectivity index (χ4n) is 2.32. The molecule has 3 nitrogen and oxygen atoms in total. The maximum atomic E-state index is 13.0. The van der Waals surface area contributed by atoms with E-state index in [1.165, 1.54) is 12.1 Å². The average molecular weight is 252 g/mol. The molecule has 18 heavy (non-hydrogen) atoms. The summed E-state index contributed by atoms with van der Waals surface area (Å²) >= 11 is 0. The first kappa shape index (κ1) is 13.0. The minimum absolute atomic E-state index is 0.101. The van der Waals surface area contributed by atoms with Gasteiger partial charge in [-0.3, -0.25) is 4.79 Å². The van der Waals surface area contributed by atoms with Gasteiger partial charge in [0, 0.05) is 0 Å². The van der Waals surface area contributed by atoms with Gasteiger partial charge in [-0.25, -0.2) is 4.39 Å². The Balaban J connectivity index is 1.77. The van der Waals surface area contributed by atoms with E-state index < -0.39 is 5.97 Å². The Labute approximate surface area is 106 Å². The third-order valence-electron chi connectivity index (χ3n) is 3.40. The smallest absolute Gasteiger partial charge is 0.306 e. The summed E-state index contributed by atoms with van der Waals surface area (Å²) in [5, 5.41) is 8.88. The molecule has 1 fully saturated rings. The third kappa shape index (κ3) is 3.53. The quantitative estimate of drug-likeness (QED) is 0.896. The molecule has 0 atom stereocenters. The van der Waals surface area contributed by atoms with E-state index in [2.05, 4.69) is 0 Å². The monoisotopic (exact) mass is 252 g/mol. The largest absolute Gasteiger partial charge is 0.481 e. The Morgan fingerprint density at radius 3 is 2.67 bits per heavy atom. The summed E-state index contributed by atoms with van der Waals surface area (Å²) in [7, 11) is 0. The van der Waals surface area contributed by atoms with Crippen LogP contribution in [0.3, 0.4) is 0 Å². The molecule has 4 heteroatoms. The number of hydrogen-bond acceptors (Lipinski definition) is 2. The number of aliphatic carboxylic acids is 1. The van der Waals surface area contributed by atoms with Gasteiger partial charge in [0.15, 0.2) is 0 Å². The van der Waals surface area contributed by atoms with Crippen LogP contribution < -0.4 is 0 Å². The van der Waals surface area contributed by atoms with Crippen molar-refractivity contribution in [2.24, 2.45) is 5.92 Å². The van der Waals surface area contributed by atoms with Crippen molar-refractivity contribution in [3.8, 4) is 0 Å². The maximum Gasteiger partial charge on any atom is 0.306 e. The van der Waals surface area contributed by atoms with E-state index in [0.29, 0.717) is 19.4 Å². The topological polar surface area (TPSA) is 46.5 Å². The zero-order valence-corrected chi connectivity index (χ0v) is 10.1. The van der Waals surface area contributed by atoms with Crippen LogP contribution in [0.25, 0.3) is 0 Å². The SMILES string of the molecule is O=C(O)C1CCC(OCc2cccc(F)c2)CC1. The molecule has 1 aromatic carbocycles. The summed E-state index contributed by atoms with van der Waals surface area (Å²) in [6.45, 7) is 0.389. The first-order valence-electron chi connectivity index (χ1n) is 6.24. The van der Waals surface area contributed by atoms with Gasteiger partial charge in [0.05, 0.1) is 18.6 Å². The molecule has 0 aliphatic heterocycles. The summed E-state index contributed by atoms with van der Waals surface area (Å²) in [4.78, 5) is 10.8. The minimum atomic E-state index is -0.710. The van der Waals surface area contributed by atoms with E-state index in [-0.39, 0.29) is 17.8 Å². The number of rotatable bonds is 4. The van der Waals surface area contributed by atoms with Gasteiger partial charge in [0.1, 0.15) is 5.82 Å². The molecule has 0 spiro atoms. The predicted molar refractivity (Wildman–Crippen MR) is 64.6 cm³/mol. The summed E-state index contributed by atoms with van der Waals surface area (Å²) < 4.78 is 18.6. The molecule has 0 saturated heterocycles. The lowest BCUT2D eigenvalue weighted by Crippen LogP contribution is -2.25. The lowest BCUT2D eigenvalue weighted by molar-refractivity contribution is -0.143. The zero-order valence-electron chi connectivity index (χ0n) is 10.1. The number of benzene rings is 1. The van der Waals surface area contributed by atoms with E-state index in [1.807, 2.05) is 6.07 Å². The molecule has 1 N–H and O–H groups in total. The highest BCUT2D eigenvalue weighted by Crippen LogP contribution is 2.26. The van der Waals surface area contributed by atoms with Gasteiger partial charge in [0.2, 0.25) is 0 Å². The fourth-order valence-corrected chi connectivity index (χ4v) is 2.32. The average Bonchev–Trinajstić information content (AvgIpc) is 2.37. The highest BCUT2D eigenvalue weighted by Gasteiger charge is 2.26. The highest BCUT2D eigenvalue weighted by atomic mass is 19.1. The van der Waals surface area contributed by atoms with Gasteiger partial charge in [-0.2, -0.15) is 0 Å². The second kappa shape index (κ2) is 5.96. The standard InChI is InChI=1S/C14H17FO3/c15-12-3-1-2-10(8-12)9-18-13-6-4-11(5-7-13)14(16)17/h1-3,8,11,13H,4-7,9H2,(H,16,17). The normalized spacial score (nSPS) is 23.8. The van der Waals surface area contributed by atoms with Crippen LogP contribution in [0.4, 0.5) is 4.39 Å². The van der Waals surface area contributed by atoms with Crippen molar-refractivity contribution >= 4 is 5.97 Å². The van der Waals surface area contributed by atoms with E-state index in [4.69, 9.17) is 9.84 Å². The Hall–Kier alpha value is -1.42. The van der Waals surface area contributed by atoms with Crippen LogP contribution in [0.2, 0.25) is 0 Å². The number of carbonyl (C=O) groups is 1. The van der Waals surface area contributed by atoms with Crippen LogP contribution in [0.15, 0.2) is 24.3 Å². The number of carboxylic acids is 1. The van der Waals surface area contributed by atoms with E-state index in [9.17, 15) is 9.18 Å². The zero-order chi connectivity index (χ0) is 13.0. The van der Waals surface area contributed by atoms with Crippen LogP contribution in [0.5, 0.6) is 0 Å². The molecule has 1 aliphatic rings. The Kier molecular flexibility index (Phi) is 4.31. The number of hydrogen-bond donors (Lipinski definition) is 1. The second-order valence-corrected chi connectivity index (χ2v) is 4.75. The van der Waals surface area contributed by atoms with Crippen molar-refractivity contribution in [3.05, 3.63) is 35.6 Å². The van der Waals surface area contributed by atoms with Crippen LogP contribution in [-0.4, -0.2) is 17.2 Å². The molecule has 1 saturated carbocycles. The van der Waals surface area contributed by atoms with Crippen LogP contribution in [0.1, 0.15) is 31.2 Å². The van der Waals surface area contributed by atoms with Crippen LogP contribution >= 0.6 is 0 Å². The number of ether oxygens (including phenoxy) is 1. The molecule has 1 aromatic rings. The van der Waals surface area contributed by atoms with Crippen LogP contribution in [0, 0.1) is 11.7 Å². The summed E-state index contributed by atoms with van der Waals surface area (Å²) in [5.74, 6) is -1.19. The third-order valence-corrected chi connectivity index (χ3v) is 3.40. The van der Waals surface area contributed by atoms with Crippen molar-refractivity contribution in [1.82, 2.24) is 0 Å². The Bertz CT molecular complexity index is 411. The van der Waals surface area contributed by atoms with Crippen molar-refractivity contribution in [2.45, 2.75) is 38.4 Å². The number of carboxylic acid groups (broad SMARTS) is 1. The second-order valence-electron chi connectivity index (χ2n) is 4.75. The number of halogens is 1. The van der Waals surface area contributed by atoms with Gasteiger partial charge in [-0.05, 0) is 43.4 Å². The van der Waals surface area contributed by atoms with Crippen molar-refractivity contribution in [2.75, 3.05) is 0 Å². The summed E-state index contributed by atoms with van der Waals surface area (Å²) in [6.07, 6.45) is 2.98. The first-order valence-corrected chi connectivity index (χ1v) is 6.24. The highest BCUT2D eigenvalue weighted by molar-refractivity contribution is 5.70. The summed E-state index contributed by atoms with van der Waals surface area (Å²) in [6, 6.07) is 6.35. The van der Waals surface area contributed by atoms with Crippen LogP contribution in [-0.2, 0) is 16.1 Å². The predicted octanol–water partition coefficient (Wildman–Crippen LogP) is 2.99. The lowest BCUT2D eigenvalue weighted by Gasteiger charge is -2.26. The fraction of sp³-hybridized carbons (Fsp3) is 0.500. The van der Waals surface area contributed by atoms with Crippen molar-refractivity contribution < 1.29 is 19.0 Å². The summed E-state index contributed by atoms with van der Waals surface area (Å²) in [5.41, 5.74) is 0.815. The Morgan fingerprint density at radius 1 is 1.33 bits per heavy atom. The van der Waals surface area contributed by atoms with Gasteiger partial charge < -0.3 is 9.84 Å². The molecule has 0 bridgehead atoms. The lowest BCUT2D eigenvalue weighted by atomic mass is 9.87. The molecule has 2 rings (SSSR count). The maximum absolute atomic E-state index is 13.0. The minimum Gasteiger partial charge on any atom is -0.481 e. The molecule has 0 heterocycles. The first-order chi connectivity index (χ1) is 8.65. The van der Waals surface area contributed by atoms with Gasteiger partial charge in [-0.1, -0.05) is 12.1 Å². The van der Waals surface area contributed by atoms with E-state index in [0.717, 1.165) is 18.4 Å². The van der Waals surface area contributed by atoms with Crippen molar-refractivity contribution in [3.63, 3.8) is 0 Å².